The van der Waals surface area contributed by atoms with Crippen molar-refractivity contribution in [1.29, 1.82) is 0 Å². The van der Waals surface area contributed by atoms with Crippen LogP contribution in [0.25, 0.3) is 0 Å². The minimum absolute atomic E-state index is 0.446. The van der Waals surface area contributed by atoms with Gasteiger partial charge in [0.05, 0.1) is 6.20 Å². The molecule has 4 rings (SSSR count). The van der Waals surface area contributed by atoms with Crippen LogP contribution in [0.15, 0.2) is 36.9 Å². The van der Waals surface area contributed by atoms with Crippen molar-refractivity contribution in [3.8, 4) is 0 Å². The second kappa shape index (κ2) is 8.53. The third-order valence-electron chi connectivity index (χ3n) is 6.33. The summed E-state index contributed by atoms with van der Waals surface area (Å²) in [7, 11) is 0. The number of piperidine rings is 1. The van der Waals surface area contributed by atoms with Crippen molar-refractivity contribution in [3.63, 3.8) is 0 Å². The minimum Gasteiger partial charge on any atom is -0.299 e. The third-order valence-corrected chi connectivity index (χ3v) is 6.33. The van der Waals surface area contributed by atoms with Gasteiger partial charge in [0, 0.05) is 49.8 Å². The lowest BCUT2D eigenvalue weighted by Crippen LogP contribution is -2.36. The van der Waals surface area contributed by atoms with Crippen LogP contribution in [0.2, 0.25) is 0 Å². The van der Waals surface area contributed by atoms with Crippen LogP contribution in [0, 0.1) is 11.8 Å². The molecule has 0 saturated carbocycles. The molecule has 2 aliphatic heterocycles. The fourth-order valence-electron chi connectivity index (χ4n) is 4.72. The van der Waals surface area contributed by atoms with Crippen LogP contribution < -0.4 is 0 Å². The molecule has 2 fully saturated rings. The fraction of sp³-hybridized carbons (Fsp3) is 0.636. The standard InChI is InChI=1S/C22H33N5/c1-18(2)27-16-20(13-24-27)15-26-11-7-22(17-26)21-5-9-25(10-6-21)14-19-4-3-8-23-12-19/h3-4,8,12-13,16,18,21-22H,5-7,9-11,14-15,17H2,1-2H3. The molecule has 1 unspecified atom stereocenters. The SMILES string of the molecule is CC(C)n1cc(CN2CCC(C3CCN(Cc4cccnc4)CC3)C2)cn1. The van der Waals surface area contributed by atoms with Crippen LogP contribution in [0.5, 0.6) is 0 Å². The molecular formula is C22H33N5. The van der Waals surface area contributed by atoms with Crippen molar-refractivity contribution in [3.05, 3.63) is 48.0 Å². The Hall–Kier alpha value is -1.72. The van der Waals surface area contributed by atoms with Crippen LogP contribution in [0.4, 0.5) is 0 Å². The van der Waals surface area contributed by atoms with E-state index in [2.05, 4.69) is 50.7 Å². The van der Waals surface area contributed by atoms with E-state index in [1.807, 2.05) is 24.7 Å². The van der Waals surface area contributed by atoms with Gasteiger partial charge < -0.3 is 0 Å². The van der Waals surface area contributed by atoms with E-state index in [1.165, 1.54) is 56.6 Å². The molecule has 4 heterocycles. The zero-order valence-electron chi connectivity index (χ0n) is 16.8. The Bertz CT molecular complexity index is 703. The second-order valence-corrected chi connectivity index (χ2v) is 8.68. The summed E-state index contributed by atoms with van der Waals surface area (Å²) in [6.07, 6.45) is 12.2. The summed E-state index contributed by atoms with van der Waals surface area (Å²) < 4.78 is 2.07. The molecule has 5 nitrogen and oxygen atoms in total. The molecule has 0 aliphatic carbocycles. The van der Waals surface area contributed by atoms with Crippen molar-refractivity contribution < 1.29 is 0 Å². The first-order valence-electron chi connectivity index (χ1n) is 10.5. The van der Waals surface area contributed by atoms with E-state index < -0.39 is 0 Å². The Balaban J connectivity index is 1.22. The Morgan fingerprint density at radius 3 is 2.41 bits per heavy atom. The van der Waals surface area contributed by atoms with Crippen molar-refractivity contribution in [2.75, 3.05) is 26.2 Å². The van der Waals surface area contributed by atoms with E-state index in [0.29, 0.717) is 6.04 Å². The van der Waals surface area contributed by atoms with Gasteiger partial charge in [0.2, 0.25) is 0 Å². The van der Waals surface area contributed by atoms with Gasteiger partial charge in [-0.25, -0.2) is 0 Å². The van der Waals surface area contributed by atoms with Crippen molar-refractivity contribution in [2.24, 2.45) is 11.8 Å². The summed E-state index contributed by atoms with van der Waals surface area (Å²) in [5, 5.41) is 4.49. The monoisotopic (exact) mass is 367 g/mol. The maximum absolute atomic E-state index is 4.49. The topological polar surface area (TPSA) is 37.2 Å². The van der Waals surface area contributed by atoms with E-state index in [1.54, 1.807) is 0 Å². The van der Waals surface area contributed by atoms with Crippen molar-refractivity contribution in [2.45, 2.75) is 52.2 Å². The number of rotatable bonds is 6. The molecule has 0 N–H and O–H groups in total. The summed E-state index contributed by atoms with van der Waals surface area (Å²) in [5.74, 6) is 1.78. The Morgan fingerprint density at radius 2 is 1.70 bits per heavy atom. The number of pyridine rings is 1. The van der Waals surface area contributed by atoms with Crippen molar-refractivity contribution >= 4 is 0 Å². The number of hydrogen-bond donors (Lipinski definition) is 0. The lowest BCUT2D eigenvalue weighted by atomic mass is 9.83. The maximum Gasteiger partial charge on any atom is 0.0534 e. The quantitative estimate of drug-likeness (QED) is 0.782. The summed E-state index contributed by atoms with van der Waals surface area (Å²) in [5.41, 5.74) is 2.69. The molecule has 0 amide bonds. The normalized spacial score (nSPS) is 22.7. The maximum atomic E-state index is 4.49. The molecule has 0 spiro atoms. The fourth-order valence-corrected chi connectivity index (χ4v) is 4.72. The summed E-state index contributed by atoms with van der Waals surface area (Å²) >= 11 is 0. The predicted molar refractivity (Wildman–Crippen MR) is 108 cm³/mol. The summed E-state index contributed by atoms with van der Waals surface area (Å²) in [6.45, 7) is 11.5. The zero-order chi connectivity index (χ0) is 18.6. The molecule has 5 heteroatoms. The van der Waals surface area contributed by atoms with Crippen LogP contribution in [0.1, 0.15) is 50.3 Å². The van der Waals surface area contributed by atoms with Gasteiger partial charge in [-0.15, -0.1) is 0 Å². The summed E-state index contributed by atoms with van der Waals surface area (Å²) in [4.78, 5) is 9.47. The Morgan fingerprint density at radius 1 is 0.963 bits per heavy atom. The molecule has 0 radical (unpaired) electrons. The van der Waals surface area contributed by atoms with Crippen LogP contribution in [-0.2, 0) is 13.1 Å². The Kier molecular flexibility index (Phi) is 5.89. The zero-order valence-corrected chi connectivity index (χ0v) is 16.8. The second-order valence-electron chi connectivity index (χ2n) is 8.68. The largest absolute Gasteiger partial charge is 0.299 e. The lowest BCUT2D eigenvalue weighted by molar-refractivity contribution is 0.141. The van der Waals surface area contributed by atoms with Gasteiger partial charge in [-0.2, -0.15) is 5.10 Å². The van der Waals surface area contributed by atoms with Crippen LogP contribution >= 0.6 is 0 Å². The molecule has 2 aromatic rings. The Labute approximate surface area is 163 Å². The molecule has 0 aromatic carbocycles. The van der Waals surface area contributed by atoms with E-state index in [-0.39, 0.29) is 0 Å². The number of nitrogens with zero attached hydrogens (tertiary/aromatic N) is 5. The van der Waals surface area contributed by atoms with E-state index in [9.17, 15) is 0 Å². The highest BCUT2D eigenvalue weighted by Gasteiger charge is 2.31. The average Bonchev–Trinajstić information content (AvgIpc) is 3.34. The number of likely N-dealkylation sites (tertiary alicyclic amines) is 2. The molecule has 2 aromatic heterocycles. The van der Waals surface area contributed by atoms with E-state index >= 15 is 0 Å². The van der Waals surface area contributed by atoms with Gasteiger partial charge in [-0.05, 0) is 76.2 Å². The van der Waals surface area contributed by atoms with Gasteiger partial charge in [-0.1, -0.05) is 6.07 Å². The summed E-state index contributed by atoms with van der Waals surface area (Å²) in [6, 6.07) is 4.68. The highest BCUT2D eigenvalue weighted by Crippen LogP contribution is 2.32. The van der Waals surface area contributed by atoms with Gasteiger partial charge in [-0.3, -0.25) is 19.5 Å². The molecule has 2 saturated heterocycles. The minimum atomic E-state index is 0.446. The molecule has 146 valence electrons. The first kappa shape index (κ1) is 18.6. The van der Waals surface area contributed by atoms with Gasteiger partial charge >= 0.3 is 0 Å². The predicted octanol–water partition coefficient (Wildman–Crippen LogP) is 3.59. The van der Waals surface area contributed by atoms with E-state index in [4.69, 9.17) is 0 Å². The third kappa shape index (κ3) is 4.77. The first-order valence-corrected chi connectivity index (χ1v) is 10.5. The van der Waals surface area contributed by atoms with Gasteiger partial charge in [0.25, 0.3) is 0 Å². The smallest absolute Gasteiger partial charge is 0.0534 e. The molecule has 0 bridgehead atoms. The average molecular weight is 368 g/mol. The van der Waals surface area contributed by atoms with Crippen molar-refractivity contribution in [1.82, 2.24) is 24.6 Å². The van der Waals surface area contributed by atoms with Crippen LogP contribution in [-0.4, -0.2) is 50.7 Å². The number of aromatic nitrogens is 3. The lowest BCUT2D eigenvalue weighted by Gasteiger charge is -2.34. The number of hydrogen-bond acceptors (Lipinski definition) is 4. The first-order chi connectivity index (χ1) is 13.2. The van der Waals surface area contributed by atoms with E-state index in [0.717, 1.165) is 24.9 Å². The van der Waals surface area contributed by atoms with Gasteiger partial charge in [0.1, 0.15) is 0 Å². The highest BCUT2D eigenvalue weighted by atomic mass is 15.3. The molecular weight excluding hydrogens is 334 g/mol. The molecule has 2 aliphatic rings. The molecule has 1 atom stereocenters. The molecule has 27 heavy (non-hydrogen) atoms. The highest BCUT2D eigenvalue weighted by molar-refractivity contribution is 5.08. The van der Waals surface area contributed by atoms with Gasteiger partial charge in [0.15, 0.2) is 0 Å². The van der Waals surface area contributed by atoms with Crippen LogP contribution in [0.3, 0.4) is 0 Å².